The Kier molecular flexibility index (Phi) is 5.29. The minimum absolute atomic E-state index is 0.0130. The van der Waals surface area contributed by atoms with Crippen molar-refractivity contribution in [2.24, 2.45) is 5.41 Å². The lowest BCUT2D eigenvalue weighted by Crippen LogP contribution is -2.08. The lowest BCUT2D eigenvalue weighted by Gasteiger charge is -2.14. The van der Waals surface area contributed by atoms with Crippen LogP contribution in [0.1, 0.15) is 63.3 Å². The van der Waals surface area contributed by atoms with Crippen LogP contribution in [0.2, 0.25) is 0 Å². The fourth-order valence-corrected chi connectivity index (χ4v) is 2.00. The highest BCUT2D eigenvalue weighted by atomic mass is 16.1. The number of unbranched alkanes of at least 4 members (excludes halogenated alkanes) is 1. The summed E-state index contributed by atoms with van der Waals surface area (Å²) in [6.45, 7) is 8.39. The van der Waals surface area contributed by atoms with Gasteiger partial charge in [-0.2, -0.15) is 5.26 Å². The Morgan fingerprint density at radius 2 is 2.16 bits per heavy atom. The number of Topliss-reactive ketones (excluding diaryl/α,β-unsaturated/α-hetero) is 1. The van der Waals surface area contributed by atoms with Gasteiger partial charge in [-0.25, -0.2) is 4.98 Å². The maximum Gasteiger partial charge on any atom is 0.179 e. The molecule has 0 saturated carbocycles. The lowest BCUT2D eigenvalue weighted by atomic mass is 9.89. The second-order valence-electron chi connectivity index (χ2n) is 5.60. The molecule has 0 N–H and O–H groups in total. The number of carbonyl (C=O) groups excluding carboxylic acids is 1. The maximum absolute atomic E-state index is 11.3. The van der Waals surface area contributed by atoms with E-state index in [-0.39, 0.29) is 11.2 Å². The van der Waals surface area contributed by atoms with E-state index < -0.39 is 0 Å². The molecule has 4 heteroatoms. The number of imidazole rings is 1. The number of nitriles is 1. The van der Waals surface area contributed by atoms with Crippen LogP contribution in [0.25, 0.3) is 0 Å². The number of rotatable bonds is 7. The Hall–Kier alpha value is -1.63. The number of hydrogen-bond acceptors (Lipinski definition) is 3. The summed E-state index contributed by atoms with van der Waals surface area (Å²) in [7, 11) is 0. The summed E-state index contributed by atoms with van der Waals surface area (Å²) in [4.78, 5) is 15.6. The third kappa shape index (κ3) is 4.51. The number of ketones is 1. The van der Waals surface area contributed by atoms with E-state index in [1.165, 1.54) is 0 Å². The van der Waals surface area contributed by atoms with Gasteiger partial charge < -0.3 is 4.57 Å². The molecule has 0 aliphatic rings. The van der Waals surface area contributed by atoms with Crippen molar-refractivity contribution < 1.29 is 4.79 Å². The SMILES string of the molecule is CCc1nc(C(C)=O)cn1CCCCC(C)(C)C#N. The first-order chi connectivity index (χ1) is 8.89. The molecule has 0 radical (unpaired) electrons. The summed E-state index contributed by atoms with van der Waals surface area (Å²) in [5, 5.41) is 8.95. The Balaban J connectivity index is 2.54. The van der Waals surface area contributed by atoms with Crippen molar-refractivity contribution in [1.29, 1.82) is 5.26 Å². The Bertz CT molecular complexity index is 480. The van der Waals surface area contributed by atoms with Crippen LogP contribution >= 0.6 is 0 Å². The van der Waals surface area contributed by atoms with Crippen molar-refractivity contribution in [2.45, 2.75) is 59.9 Å². The molecule has 0 atom stereocenters. The van der Waals surface area contributed by atoms with Gasteiger partial charge in [-0.15, -0.1) is 0 Å². The smallest absolute Gasteiger partial charge is 0.179 e. The van der Waals surface area contributed by atoms with Crippen LogP contribution in [0, 0.1) is 16.7 Å². The van der Waals surface area contributed by atoms with Gasteiger partial charge in [0.15, 0.2) is 5.78 Å². The maximum atomic E-state index is 11.3. The molecule has 0 aromatic carbocycles. The number of aromatic nitrogens is 2. The first kappa shape index (κ1) is 15.4. The molecule has 1 aromatic rings. The minimum Gasteiger partial charge on any atom is -0.334 e. The van der Waals surface area contributed by atoms with Crippen LogP contribution in [0.5, 0.6) is 0 Å². The van der Waals surface area contributed by atoms with E-state index in [0.29, 0.717) is 5.69 Å². The van der Waals surface area contributed by atoms with Gasteiger partial charge in [-0.3, -0.25) is 4.79 Å². The van der Waals surface area contributed by atoms with E-state index in [1.54, 1.807) is 6.92 Å². The molecule has 4 nitrogen and oxygen atoms in total. The van der Waals surface area contributed by atoms with Crippen LogP contribution in [-0.2, 0) is 13.0 Å². The van der Waals surface area contributed by atoms with Crippen molar-refractivity contribution in [2.75, 3.05) is 0 Å². The monoisotopic (exact) mass is 261 g/mol. The molecule has 104 valence electrons. The lowest BCUT2D eigenvalue weighted by molar-refractivity contribution is 0.101. The Labute approximate surface area is 115 Å². The minimum atomic E-state index is -0.243. The van der Waals surface area contributed by atoms with Crippen molar-refractivity contribution in [1.82, 2.24) is 9.55 Å². The molecule has 0 aliphatic heterocycles. The van der Waals surface area contributed by atoms with Gasteiger partial charge in [-0.05, 0) is 26.7 Å². The average molecular weight is 261 g/mol. The highest BCUT2D eigenvalue weighted by Crippen LogP contribution is 2.22. The largest absolute Gasteiger partial charge is 0.334 e. The molecular weight excluding hydrogens is 238 g/mol. The first-order valence-corrected chi connectivity index (χ1v) is 6.88. The molecule has 0 bridgehead atoms. The van der Waals surface area contributed by atoms with E-state index in [0.717, 1.165) is 38.1 Å². The van der Waals surface area contributed by atoms with E-state index >= 15 is 0 Å². The molecule has 19 heavy (non-hydrogen) atoms. The van der Waals surface area contributed by atoms with E-state index in [4.69, 9.17) is 5.26 Å². The fourth-order valence-electron chi connectivity index (χ4n) is 2.00. The molecule has 0 unspecified atom stereocenters. The molecule has 0 amide bonds. The third-order valence-electron chi connectivity index (χ3n) is 3.29. The summed E-state index contributed by atoms with van der Waals surface area (Å²) in [5.74, 6) is 0.976. The highest BCUT2D eigenvalue weighted by molar-refractivity contribution is 5.91. The van der Waals surface area contributed by atoms with Gasteiger partial charge in [0.25, 0.3) is 0 Å². The quantitative estimate of drug-likeness (QED) is 0.558. The van der Waals surface area contributed by atoms with Crippen LogP contribution in [0.4, 0.5) is 0 Å². The Morgan fingerprint density at radius 1 is 1.47 bits per heavy atom. The van der Waals surface area contributed by atoms with Crippen molar-refractivity contribution >= 4 is 5.78 Å². The number of carbonyl (C=O) groups is 1. The first-order valence-electron chi connectivity index (χ1n) is 6.88. The van der Waals surface area contributed by atoms with Gasteiger partial charge in [0.1, 0.15) is 11.5 Å². The predicted molar refractivity (Wildman–Crippen MR) is 74.9 cm³/mol. The zero-order valence-electron chi connectivity index (χ0n) is 12.4. The molecule has 0 saturated heterocycles. The van der Waals surface area contributed by atoms with Crippen LogP contribution in [0.3, 0.4) is 0 Å². The van der Waals surface area contributed by atoms with Gasteiger partial charge >= 0.3 is 0 Å². The summed E-state index contributed by atoms with van der Waals surface area (Å²) >= 11 is 0. The molecule has 0 fully saturated rings. The highest BCUT2D eigenvalue weighted by Gasteiger charge is 2.16. The second-order valence-corrected chi connectivity index (χ2v) is 5.60. The topological polar surface area (TPSA) is 58.7 Å². The van der Waals surface area contributed by atoms with Gasteiger partial charge in [0.05, 0.1) is 11.5 Å². The van der Waals surface area contributed by atoms with Gasteiger partial charge in [0.2, 0.25) is 0 Å². The van der Waals surface area contributed by atoms with Crippen molar-refractivity contribution in [3.8, 4) is 6.07 Å². The van der Waals surface area contributed by atoms with Crippen molar-refractivity contribution in [3.63, 3.8) is 0 Å². The van der Waals surface area contributed by atoms with Crippen molar-refractivity contribution in [3.05, 3.63) is 17.7 Å². The molecule has 1 rings (SSSR count). The van der Waals surface area contributed by atoms with Gasteiger partial charge in [-0.1, -0.05) is 13.3 Å². The fraction of sp³-hybridized carbons (Fsp3) is 0.667. The summed E-state index contributed by atoms with van der Waals surface area (Å²) in [5.41, 5.74) is 0.307. The standard InChI is InChI=1S/C15H23N3O/c1-5-14-17-13(12(2)19)10-18(14)9-7-6-8-15(3,4)11-16/h10H,5-9H2,1-4H3. The van der Waals surface area contributed by atoms with Crippen LogP contribution in [0.15, 0.2) is 6.20 Å². The van der Waals surface area contributed by atoms with Crippen LogP contribution in [-0.4, -0.2) is 15.3 Å². The number of hydrogen-bond donors (Lipinski definition) is 0. The molecule has 0 spiro atoms. The van der Waals surface area contributed by atoms with E-state index in [2.05, 4.69) is 15.6 Å². The molecular formula is C15H23N3O. The number of nitrogens with zero attached hydrogens (tertiary/aromatic N) is 3. The summed E-state index contributed by atoms with van der Waals surface area (Å²) in [6.07, 6.45) is 5.59. The molecule has 0 aliphatic carbocycles. The molecule has 1 aromatic heterocycles. The zero-order valence-corrected chi connectivity index (χ0v) is 12.4. The van der Waals surface area contributed by atoms with Gasteiger partial charge in [0, 0.05) is 26.1 Å². The number of aryl methyl sites for hydroxylation is 2. The average Bonchev–Trinajstić information content (AvgIpc) is 2.78. The van der Waals surface area contributed by atoms with Crippen LogP contribution < -0.4 is 0 Å². The zero-order chi connectivity index (χ0) is 14.5. The van der Waals surface area contributed by atoms with E-state index in [9.17, 15) is 4.79 Å². The predicted octanol–water partition coefficient (Wildman–Crippen LogP) is 3.37. The van der Waals surface area contributed by atoms with E-state index in [1.807, 2.05) is 27.0 Å². The second kappa shape index (κ2) is 6.51. The normalized spacial score (nSPS) is 11.3. The third-order valence-corrected chi connectivity index (χ3v) is 3.29. The molecule has 1 heterocycles. The summed E-state index contributed by atoms with van der Waals surface area (Å²) < 4.78 is 2.07. The Morgan fingerprint density at radius 3 is 2.68 bits per heavy atom. The summed E-state index contributed by atoms with van der Waals surface area (Å²) in [6, 6.07) is 2.32.